The van der Waals surface area contributed by atoms with Crippen LogP contribution in [0.25, 0.3) is 10.7 Å². The molecule has 1 N–H and O–H groups in total. The fourth-order valence-electron chi connectivity index (χ4n) is 4.06. The number of carbonyl (C=O) groups is 1. The van der Waals surface area contributed by atoms with E-state index in [9.17, 15) is 13.2 Å². The van der Waals surface area contributed by atoms with Gasteiger partial charge in [0.15, 0.2) is 11.5 Å². The van der Waals surface area contributed by atoms with E-state index in [4.69, 9.17) is 14.0 Å². The molecule has 0 spiro atoms. The summed E-state index contributed by atoms with van der Waals surface area (Å²) in [4.78, 5) is 18.7. The number of aryl methyl sites for hydroxylation is 2. The smallest absolute Gasteiger partial charge is 0.244 e. The summed E-state index contributed by atoms with van der Waals surface area (Å²) >= 11 is 1.31. The lowest BCUT2D eigenvalue weighted by Gasteiger charge is -2.31. The normalized spacial score (nSPS) is 18.2. The first-order valence-corrected chi connectivity index (χ1v) is 13.2. The maximum Gasteiger partial charge on any atom is 0.244 e. The number of rotatable bonds is 6. The molecule has 2 aromatic heterocycles. The topological polar surface area (TPSA) is 124 Å². The summed E-state index contributed by atoms with van der Waals surface area (Å²) < 4.78 is 44.2. The second kappa shape index (κ2) is 9.01. The first-order chi connectivity index (χ1) is 16.3. The number of sulfonamides is 1. The van der Waals surface area contributed by atoms with Crippen molar-refractivity contribution in [2.24, 2.45) is 5.92 Å². The summed E-state index contributed by atoms with van der Waals surface area (Å²) in [7, 11) is -3.78. The number of hydrogen-bond donors (Lipinski definition) is 1. The highest BCUT2D eigenvalue weighted by atomic mass is 32.2. The first-order valence-electron chi connectivity index (χ1n) is 11.0. The molecule has 1 aromatic carbocycles. The molecule has 4 heterocycles. The van der Waals surface area contributed by atoms with E-state index in [-0.39, 0.29) is 24.1 Å². The molecule has 0 aliphatic carbocycles. The number of anilines is 1. The Hall–Kier alpha value is -2.96. The van der Waals surface area contributed by atoms with Crippen LogP contribution in [-0.4, -0.2) is 48.7 Å². The highest BCUT2D eigenvalue weighted by Crippen LogP contribution is 2.36. The third-order valence-electron chi connectivity index (χ3n) is 5.88. The minimum absolute atomic E-state index is 0.117. The third kappa shape index (κ3) is 4.28. The molecular formula is C22H24N4O6S2. The average Bonchev–Trinajstić information content (AvgIpc) is 3.58. The van der Waals surface area contributed by atoms with Crippen LogP contribution in [0.5, 0.6) is 11.5 Å². The van der Waals surface area contributed by atoms with E-state index in [0.717, 1.165) is 0 Å². The standard InChI is InChI=1S/C22H24N4O6S2/c1-3-20-24-21(25-32-20)18-10-19(13(2)33-18)34(28,29)26-8-4-5-14(11-26)22(27)23-15-6-7-16-17(9-15)31-12-30-16/h6-7,9-10,14H,3-5,8,11-12H2,1-2H3,(H,23,27)/t14-/m0/s1. The minimum Gasteiger partial charge on any atom is -0.454 e. The van der Waals surface area contributed by atoms with Crippen LogP contribution in [0.4, 0.5) is 5.69 Å². The highest BCUT2D eigenvalue weighted by molar-refractivity contribution is 7.89. The summed E-state index contributed by atoms with van der Waals surface area (Å²) in [6.45, 7) is 4.30. The molecule has 180 valence electrons. The molecule has 0 radical (unpaired) electrons. The van der Waals surface area contributed by atoms with Gasteiger partial charge in [-0.05, 0) is 38.0 Å². The zero-order valence-corrected chi connectivity index (χ0v) is 20.4. The van der Waals surface area contributed by atoms with E-state index in [1.54, 1.807) is 31.2 Å². The molecule has 2 aliphatic rings. The van der Waals surface area contributed by atoms with Crippen molar-refractivity contribution in [3.8, 4) is 22.2 Å². The third-order valence-corrected chi connectivity index (χ3v) is 9.04. The molecule has 1 atom stereocenters. The van der Waals surface area contributed by atoms with Crippen LogP contribution in [0, 0.1) is 12.8 Å². The number of piperidine rings is 1. The molecule has 12 heteroatoms. The lowest BCUT2D eigenvalue weighted by atomic mass is 9.98. The Kier molecular flexibility index (Phi) is 6.04. The Morgan fingerprint density at radius 1 is 1.26 bits per heavy atom. The number of ether oxygens (including phenoxy) is 2. The number of nitrogens with zero attached hydrogens (tertiary/aromatic N) is 3. The van der Waals surface area contributed by atoms with Gasteiger partial charge >= 0.3 is 0 Å². The van der Waals surface area contributed by atoms with E-state index in [0.29, 0.717) is 64.5 Å². The number of amides is 1. The summed E-state index contributed by atoms with van der Waals surface area (Å²) in [5.74, 6) is 1.40. The van der Waals surface area contributed by atoms with Crippen LogP contribution in [-0.2, 0) is 21.2 Å². The average molecular weight is 505 g/mol. The Morgan fingerprint density at radius 2 is 2.09 bits per heavy atom. The number of aromatic nitrogens is 2. The van der Waals surface area contributed by atoms with E-state index in [1.807, 2.05) is 6.92 Å². The molecule has 1 fully saturated rings. The van der Waals surface area contributed by atoms with E-state index >= 15 is 0 Å². The lowest BCUT2D eigenvalue weighted by Crippen LogP contribution is -2.43. The molecule has 0 bridgehead atoms. The van der Waals surface area contributed by atoms with E-state index in [1.165, 1.54) is 15.6 Å². The van der Waals surface area contributed by atoms with Gasteiger partial charge in [0.05, 0.1) is 15.7 Å². The van der Waals surface area contributed by atoms with Crippen molar-refractivity contribution in [1.29, 1.82) is 0 Å². The molecule has 34 heavy (non-hydrogen) atoms. The second-order valence-corrected chi connectivity index (χ2v) is 11.3. The quantitative estimate of drug-likeness (QED) is 0.541. The summed E-state index contributed by atoms with van der Waals surface area (Å²) in [5.41, 5.74) is 0.583. The predicted octanol–water partition coefficient (Wildman–Crippen LogP) is 3.44. The van der Waals surface area contributed by atoms with Crippen molar-refractivity contribution in [3.63, 3.8) is 0 Å². The van der Waals surface area contributed by atoms with Crippen LogP contribution in [0.15, 0.2) is 33.7 Å². The van der Waals surface area contributed by atoms with Gasteiger partial charge in [0.1, 0.15) is 0 Å². The van der Waals surface area contributed by atoms with E-state index < -0.39 is 15.9 Å². The fraction of sp³-hybridized carbons (Fsp3) is 0.409. The van der Waals surface area contributed by atoms with Crippen molar-refractivity contribution in [2.45, 2.75) is 38.0 Å². The van der Waals surface area contributed by atoms with Crippen molar-refractivity contribution >= 4 is 33.0 Å². The summed E-state index contributed by atoms with van der Waals surface area (Å²) in [6, 6.07) is 6.77. The maximum atomic E-state index is 13.5. The molecule has 0 unspecified atom stereocenters. The molecule has 3 aromatic rings. The van der Waals surface area contributed by atoms with Crippen LogP contribution >= 0.6 is 11.3 Å². The monoisotopic (exact) mass is 504 g/mol. The Morgan fingerprint density at radius 3 is 2.88 bits per heavy atom. The van der Waals surface area contributed by atoms with Crippen LogP contribution in [0.2, 0.25) is 0 Å². The van der Waals surface area contributed by atoms with Gasteiger partial charge in [0, 0.05) is 36.1 Å². The molecular weight excluding hydrogens is 480 g/mol. The van der Waals surface area contributed by atoms with E-state index in [2.05, 4.69) is 15.5 Å². The number of benzene rings is 1. The predicted molar refractivity (Wildman–Crippen MR) is 124 cm³/mol. The highest BCUT2D eigenvalue weighted by Gasteiger charge is 2.35. The molecule has 5 rings (SSSR count). The first kappa shape index (κ1) is 22.8. The molecule has 1 amide bonds. The van der Waals surface area contributed by atoms with Gasteiger partial charge in [0.2, 0.25) is 34.4 Å². The summed E-state index contributed by atoms with van der Waals surface area (Å²) in [5, 5.41) is 6.83. The molecule has 2 aliphatic heterocycles. The number of hydrogen-bond acceptors (Lipinski definition) is 9. The molecule has 0 saturated carbocycles. The van der Waals surface area contributed by atoms with Gasteiger partial charge < -0.3 is 19.3 Å². The van der Waals surface area contributed by atoms with Gasteiger partial charge in [-0.3, -0.25) is 4.79 Å². The SMILES string of the molecule is CCc1nc(-c2cc(S(=O)(=O)N3CCC[C@H](C(=O)Nc4ccc5c(c4)OCO5)C3)c(C)s2)no1. The zero-order chi connectivity index (χ0) is 23.9. The van der Waals surface area contributed by atoms with Crippen LogP contribution in [0.1, 0.15) is 30.5 Å². The van der Waals surface area contributed by atoms with Crippen molar-refractivity contribution in [3.05, 3.63) is 35.0 Å². The Balaban J connectivity index is 1.31. The van der Waals surface area contributed by atoms with Gasteiger partial charge in [-0.2, -0.15) is 9.29 Å². The molecule has 1 saturated heterocycles. The number of thiophene rings is 1. The lowest BCUT2D eigenvalue weighted by molar-refractivity contribution is -0.120. The van der Waals surface area contributed by atoms with Crippen molar-refractivity contribution in [1.82, 2.24) is 14.4 Å². The number of nitrogens with one attached hydrogen (secondary N) is 1. The van der Waals surface area contributed by atoms with Gasteiger partial charge in [0.25, 0.3) is 0 Å². The van der Waals surface area contributed by atoms with Gasteiger partial charge in [-0.15, -0.1) is 11.3 Å². The summed E-state index contributed by atoms with van der Waals surface area (Å²) in [6.07, 6.45) is 1.81. The fourth-order valence-corrected chi connectivity index (χ4v) is 7.07. The van der Waals surface area contributed by atoms with Crippen LogP contribution < -0.4 is 14.8 Å². The van der Waals surface area contributed by atoms with Crippen LogP contribution in [0.3, 0.4) is 0 Å². The zero-order valence-electron chi connectivity index (χ0n) is 18.7. The number of carbonyl (C=O) groups excluding carboxylic acids is 1. The Labute approximate surface area is 200 Å². The largest absolute Gasteiger partial charge is 0.454 e. The maximum absolute atomic E-state index is 13.5. The van der Waals surface area contributed by atoms with Gasteiger partial charge in [-0.1, -0.05) is 12.1 Å². The minimum atomic E-state index is -3.78. The number of fused-ring (bicyclic) bond motifs is 1. The Bertz CT molecular complexity index is 1330. The van der Waals surface area contributed by atoms with Crippen molar-refractivity contribution < 1.29 is 27.2 Å². The van der Waals surface area contributed by atoms with Crippen molar-refractivity contribution in [2.75, 3.05) is 25.2 Å². The van der Waals surface area contributed by atoms with Gasteiger partial charge in [-0.25, -0.2) is 8.42 Å². The second-order valence-electron chi connectivity index (χ2n) is 8.16. The molecule has 10 nitrogen and oxygen atoms in total.